The number of carbonyl (C=O) groups is 2. The van der Waals surface area contributed by atoms with Crippen LogP contribution >= 0.6 is 0 Å². The molecule has 0 spiro atoms. The third-order valence-electron chi connectivity index (χ3n) is 4.04. The van der Waals surface area contributed by atoms with Gasteiger partial charge in [-0.1, -0.05) is 0 Å². The van der Waals surface area contributed by atoms with Crippen molar-refractivity contribution >= 4 is 17.5 Å². The standard InChI is InChI=1S/C14H23N5O2/c1-9-11(15)12(18(4)16-9)14(21)19-7-5-10(6-8-19)13(20)17(2)3/h10H,5-8,15H2,1-4H3. The molecule has 0 atom stereocenters. The van der Waals surface area contributed by atoms with Crippen LogP contribution < -0.4 is 5.73 Å². The average Bonchev–Trinajstić information content (AvgIpc) is 2.70. The number of piperidine rings is 1. The van der Waals surface area contributed by atoms with E-state index in [9.17, 15) is 9.59 Å². The third-order valence-corrected chi connectivity index (χ3v) is 4.04. The number of amides is 2. The van der Waals surface area contributed by atoms with Gasteiger partial charge in [0.15, 0.2) is 0 Å². The fourth-order valence-electron chi connectivity index (χ4n) is 2.77. The number of likely N-dealkylation sites (tertiary alicyclic amines) is 1. The lowest BCUT2D eigenvalue weighted by atomic mass is 9.95. The summed E-state index contributed by atoms with van der Waals surface area (Å²) < 4.78 is 1.53. The van der Waals surface area contributed by atoms with Crippen molar-refractivity contribution in [1.82, 2.24) is 19.6 Å². The first-order chi connectivity index (χ1) is 9.82. The predicted octanol–water partition coefficient (Wildman–Crippen LogP) is 0.251. The molecule has 0 bridgehead atoms. The van der Waals surface area contributed by atoms with E-state index >= 15 is 0 Å². The summed E-state index contributed by atoms with van der Waals surface area (Å²) in [6.45, 7) is 2.94. The Balaban J connectivity index is 2.05. The largest absolute Gasteiger partial charge is 0.395 e. The molecule has 7 nitrogen and oxygen atoms in total. The minimum atomic E-state index is -0.105. The van der Waals surface area contributed by atoms with E-state index < -0.39 is 0 Å². The highest BCUT2D eigenvalue weighted by Crippen LogP contribution is 2.23. The Morgan fingerprint density at radius 2 is 1.86 bits per heavy atom. The van der Waals surface area contributed by atoms with Crippen LogP contribution in [0.4, 0.5) is 5.69 Å². The van der Waals surface area contributed by atoms with Crippen LogP contribution in [0.25, 0.3) is 0 Å². The van der Waals surface area contributed by atoms with Gasteiger partial charge in [0, 0.05) is 40.2 Å². The number of hydrogen-bond donors (Lipinski definition) is 1. The number of anilines is 1. The van der Waals surface area contributed by atoms with E-state index in [0.29, 0.717) is 43.0 Å². The summed E-state index contributed by atoms with van der Waals surface area (Å²) in [6.07, 6.45) is 1.39. The maximum Gasteiger partial charge on any atom is 0.274 e. The second-order valence-electron chi connectivity index (χ2n) is 5.77. The first kappa shape index (κ1) is 15.3. The molecule has 116 valence electrons. The van der Waals surface area contributed by atoms with Crippen molar-refractivity contribution in [3.8, 4) is 0 Å². The Morgan fingerprint density at radius 1 is 1.29 bits per heavy atom. The minimum Gasteiger partial charge on any atom is -0.395 e. The molecule has 1 fully saturated rings. The van der Waals surface area contributed by atoms with Crippen LogP contribution in [0.2, 0.25) is 0 Å². The van der Waals surface area contributed by atoms with Gasteiger partial charge >= 0.3 is 0 Å². The lowest BCUT2D eigenvalue weighted by Gasteiger charge is -2.32. The Labute approximate surface area is 124 Å². The molecule has 2 N–H and O–H groups in total. The van der Waals surface area contributed by atoms with Crippen LogP contribution in [0.5, 0.6) is 0 Å². The summed E-state index contributed by atoms with van der Waals surface area (Å²) in [7, 11) is 5.25. The van der Waals surface area contributed by atoms with Crippen molar-refractivity contribution in [3.63, 3.8) is 0 Å². The van der Waals surface area contributed by atoms with Gasteiger partial charge < -0.3 is 15.5 Å². The van der Waals surface area contributed by atoms with Crippen LogP contribution in [0.3, 0.4) is 0 Å². The first-order valence-electron chi connectivity index (χ1n) is 7.12. The zero-order valence-electron chi connectivity index (χ0n) is 13.1. The van der Waals surface area contributed by atoms with Gasteiger partial charge in [-0.2, -0.15) is 5.10 Å². The second-order valence-corrected chi connectivity index (χ2v) is 5.77. The van der Waals surface area contributed by atoms with Crippen molar-refractivity contribution in [1.29, 1.82) is 0 Å². The van der Waals surface area contributed by atoms with Crippen molar-refractivity contribution in [3.05, 3.63) is 11.4 Å². The second kappa shape index (κ2) is 5.75. The van der Waals surface area contributed by atoms with E-state index in [-0.39, 0.29) is 17.7 Å². The van der Waals surface area contributed by atoms with Crippen molar-refractivity contribution < 1.29 is 9.59 Å². The zero-order chi connectivity index (χ0) is 15.7. The van der Waals surface area contributed by atoms with Crippen LogP contribution in [-0.2, 0) is 11.8 Å². The Hall–Kier alpha value is -2.05. The summed E-state index contributed by atoms with van der Waals surface area (Å²) in [5.74, 6) is 0.0408. The molecular weight excluding hydrogens is 270 g/mol. The zero-order valence-corrected chi connectivity index (χ0v) is 13.1. The number of aryl methyl sites for hydroxylation is 2. The molecule has 21 heavy (non-hydrogen) atoms. The van der Waals surface area contributed by atoms with Crippen LogP contribution in [0, 0.1) is 12.8 Å². The molecule has 2 rings (SSSR count). The molecule has 7 heteroatoms. The molecular formula is C14H23N5O2. The maximum absolute atomic E-state index is 12.6. The lowest BCUT2D eigenvalue weighted by molar-refractivity contribution is -0.134. The summed E-state index contributed by atoms with van der Waals surface area (Å²) in [4.78, 5) is 27.9. The number of rotatable bonds is 2. The number of nitrogen functional groups attached to an aromatic ring is 1. The molecule has 0 aromatic carbocycles. The molecule has 1 saturated heterocycles. The van der Waals surface area contributed by atoms with Crippen molar-refractivity contribution in [2.75, 3.05) is 32.9 Å². The number of carbonyl (C=O) groups excluding carboxylic acids is 2. The smallest absolute Gasteiger partial charge is 0.274 e. The Morgan fingerprint density at radius 3 is 2.29 bits per heavy atom. The number of nitrogens with zero attached hydrogens (tertiary/aromatic N) is 4. The average molecular weight is 293 g/mol. The van der Waals surface area contributed by atoms with Gasteiger partial charge in [0.05, 0.1) is 11.4 Å². The summed E-state index contributed by atoms with van der Waals surface area (Å²) in [6, 6.07) is 0. The van der Waals surface area contributed by atoms with E-state index in [0.717, 1.165) is 0 Å². The molecule has 1 aliphatic heterocycles. The molecule has 2 heterocycles. The van der Waals surface area contributed by atoms with E-state index in [2.05, 4.69) is 5.10 Å². The number of aromatic nitrogens is 2. The van der Waals surface area contributed by atoms with Gasteiger partial charge in [0.1, 0.15) is 5.69 Å². The Kier molecular flexibility index (Phi) is 4.20. The quantitative estimate of drug-likeness (QED) is 0.847. The maximum atomic E-state index is 12.6. The number of hydrogen-bond acceptors (Lipinski definition) is 4. The molecule has 0 radical (unpaired) electrons. The molecule has 1 aliphatic rings. The molecule has 0 aliphatic carbocycles. The van der Waals surface area contributed by atoms with Gasteiger partial charge in [-0.25, -0.2) is 0 Å². The molecule has 0 unspecified atom stereocenters. The number of nitrogens with two attached hydrogens (primary N) is 1. The SMILES string of the molecule is Cc1nn(C)c(C(=O)N2CCC(C(=O)N(C)C)CC2)c1N. The highest BCUT2D eigenvalue weighted by molar-refractivity contribution is 5.98. The van der Waals surface area contributed by atoms with Gasteiger partial charge in [-0.05, 0) is 19.8 Å². The monoisotopic (exact) mass is 293 g/mol. The fourth-order valence-corrected chi connectivity index (χ4v) is 2.77. The van der Waals surface area contributed by atoms with Crippen molar-refractivity contribution in [2.24, 2.45) is 13.0 Å². The van der Waals surface area contributed by atoms with E-state index in [1.807, 2.05) is 0 Å². The van der Waals surface area contributed by atoms with Crippen molar-refractivity contribution in [2.45, 2.75) is 19.8 Å². The van der Waals surface area contributed by atoms with Gasteiger partial charge in [0.25, 0.3) is 5.91 Å². The Bertz CT molecular complexity index is 556. The van der Waals surface area contributed by atoms with E-state index in [1.165, 1.54) is 4.68 Å². The minimum absolute atomic E-state index is 0.00895. The molecule has 2 amide bonds. The summed E-state index contributed by atoms with van der Waals surface area (Å²) >= 11 is 0. The fraction of sp³-hybridized carbons (Fsp3) is 0.643. The van der Waals surface area contributed by atoms with Crippen LogP contribution in [-0.4, -0.2) is 58.6 Å². The van der Waals surface area contributed by atoms with Gasteiger partial charge in [-0.3, -0.25) is 14.3 Å². The van der Waals surface area contributed by atoms with Crippen LogP contribution in [0.1, 0.15) is 29.0 Å². The van der Waals surface area contributed by atoms with E-state index in [1.54, 1.807) is 37.9 Å². The van der Waals surface area contributed by atoms with Gasteiger partial charge in [0.2, 0.25) is 5.91 Å². The first-order valence-corrected chi connectivity index (χ1v) is 7.12. The normalized spacial score (nSPS) is 16.1. The van der Waals surface area contributed by atoms with E-state index in [4.69, 9.17) is 5.73 Å². The summed E-state index contributed by atoms with van der Waals surface area (Å²) in [5, 5.41) is 4.18. The highest BCUT2D eigenvalue weighted by atomic mass is 16.2. The van der Waals surface area contributed by atoms with Crippen LogP contribution in [0.15, 0.2) is 0 Å². The highest BCUT2D eigenvalue weighted by Gasteiger charge is 2.30. The summed E-state index contributed by atoms with van der Waals surface area (Å²) in [5.41, 5.74) is 7.47. The van der Waals surface area contributed by atoms with Gasteiger partial charge in [-0.15, -0.1) is 0 Å². The predicted molar refractivity (Wildman–Crippen MR) is 79.7 cm³/mol. The molecule has 1 aromatic rings. The lowest BCUT2D eigenvalue weighted by Crippen LogP contribution is -2.43. The molecule has 0 saturated carbocycles. The topological polar surface area (TPSA) is 84.5 Å². The molecule has 1 aromatic heterocycles. The third kappa shape index (κ3) is 2.86.